The van der Waals surface area contributed by atoms with Crippen molar-refractivity contribution in [2.75, 3.05) is 11.9 Å². The molecule has 1 N–H and O–H groups in total. The normalized spacial score (nSPS) is 9.67. The smallest absolute Gasteiger partial charge is 0.292 e. The van der Waals surface area contributed by atoms with Crippen molar-refractivity contribution in [3.63, 3.8) is 0 Å². The second kappa shape index (κ2) is 5.09. The maximum Gasteiger partial charge on any atom is 0.292 e. The van der Waals surface area contributed by atoms with Gasteiger partial charge in [-0.15, -0.1) is 0 Å². The van der Waals surface area contributed by atoms with Crippen LogP contribution in [0.3, 0.4) is 0 Å². The van der Waals surface area contributed by atoms with E-state index in [0.717, 1.165) is 11.8 Å². The summed E-state index contributed by atoms with van der Waals surface area (Å²) >= 11 is 0. The van der Waals surface area contributed by atoms with Crippen LogP contribution in [0.1, 0.15) is 12.5 Å². The van der Waals surface area contributed by atoms with Crippen molar-refractivity contribution in [2.45, 2.75) is 13.3 Å². The van der Waals surface area contributed by atoms with Gasteiger partial charge in [0.2, 0.25) is 0 Å². The van der Waals surface area contributed by atoms with E-state index in [-0.39, 0.29) is 12.1 Å². The summed E-state index contributed by atoms with van der Waals surface area (Å²) in [5.41, 5.74) is 1.26. The average Bonchev–Trinajstić information content (AvgIpc) is 2.18. The van der Waals surface area contributed by atoms with Crippen LogP contribution in [0.4, 0.5) is 11.4 Å². The number of aldehydes is 1. The lowest BCUT2D eigenvalue weighted by molar-refractivity contribution is -0.384. The van der Waals surface area contributed by atoms with Gasteiger partial charge in [-0.3, -0.25) is 10.1 Å². The number of nitrogens with zero attached hydrogens (tertiary/aromatic N) is 1. The third-order valence-electron chi connectivity index (χ3n) is 1.94. The quantitative estimate of drug-likeness (QED) is 0.454. The Morgan fingerprint density at radius 2 is 2.27 bits per heavy atom. The highest BCUT2D eigenvalue weighted by Gasteiger charge is 2.12. The van der Waals surface area contributed by atoms with E-state index in [1.54, 1.807) is 12.1 Å². The first-order valence-corrected chi connectivity index (χ1v) is 4.63. The number of nitrogens with one attached hydrogen (secondary N) is 1. The zero-order valence-electron chi connectivity index (χ0n) is 8.40. The van der Waals surface area contributed by atoms with E-state index in [0.29, 0.717) is 12.2 Å². The molecule has 1 aromatic carbocycles. The Hall–Kier alpha value is -1.91. The average molecular weight is 208 g/mol. The van der Waals surface area contributed by atoms with Gasteiger partial charge >= 0.3 is 0 Å². The lowest BCUT2D eigenvalue weighted by atomic mass is 10.1. The molecule has 80 valence electrons. The molecule has 0 saturated carbocycles. The molecular weight excluding hydrogens is 196 g/mol. The Balaban J connectivity index is 3.08. The summed E-state index contributed by atoms with van der Waals surface area (Å²) in [7, 11) is 0. The van der Waals surface area contributed by atoms with Gasteiger partial charge in [0.15, 0.2) is 0 Å². The molecule has 0 amide bonds. The first-order valence-electron chi connectivity index (χ1n) is 4.63. The minimum Gasteiger partial charge on any atom is -0.380 e. The minimum absolute atomic E-state index is 0.0338. The highest BCUT2D eigenvalue weighted by molar-refractivity contribution is 5.65. The van der Waals surface area contributed by atoms with Crippen LogP contribution in [0.15, 0.2) is 18.2 Å². The Morgan fingerprint density at radius 1 is 1.53 bits per heavy atom. The predicted octanol–water partition coefficient (Wildman–Crippen LogP) is 1.77. The van der Waals surface area contributed by atoms with Crippen LogP contribution in [0.5, 0.6) is 0 Å². The van der Waals surface area contributed by atoms with Gasteiger partial charge in [0.1, 0.15) is 12.0 Å². The van der Waals surface area contributed by atoms with E-state index in [4.69, 9.17) is 0 Å². The van der Waals surface area contributed by atoms with Crippen LogP contribution in [-0.4, -0.2) is 17.8 Å². The summed E-state index contributed by atoms with van der Waals surface area (Å²) < 4.78 is 0. The van der Waals surface area contributed by atoms with Crippen LogP contribution >= 0.6 is 0 Å². The standard InChI is InChI=1S/C10H12N2O3/c1-2-11-9-7-8(5-6-13)3-4-10(9)12(14)15/h3-4,6-7,11H,2,5H2,1H3. The molecule has 0 saturated heterocycles. The molecule has 0 bridgehead atoms. The van der Waals surface area contributed by atoms with Crippen LogP contribution in [0.2, 0.25) is 0 Å². The van der Waals surface area contributed by atoms with E-state index >= 15 is 0 Å². The third kappa shape index (κ3) is 2.77. The molecule has 1 rings (SSSR count). The van der Waals surface area contributed by atoms with Gasteiger partial charge in [0.25, 0.3) is 5.69 Å². The van der Waals surface area contributed by atoms with Crippen molar-refractivity contribution in [3.8, 4) is 0 Å². The maximum atomic E-state index is 10.7. The number of nitro benzene ring substituents is 1. The van der Waals surface area contributed by atoms with E-state index in [9.17, 15) is 14.9 Å². The Labute approximate surface area is 87.3 Å². The van der Waals surface area contributed by atoms with Crippen LogP contribution in [-0.2, 0) is 11.2 Å². The van der Waals surface area contributed by atoms with E-state index in [1.807, 2.05) is 6.92 Å². The minimum atomic E-state index is -0.442. The summed E-state index contributed by atoms with van der Waals surface area (Å²) in [6.07, 6.45) is 1.05. The van der Waals surface area contributed by atoms with Gasteiger partial charge in [-0.2, -0.15) is 0 Å². The second-order valence-electron chi connectivity index (χ2n) is 3.01. The largest absolute Gasteiger partial charge is 0.380 e. The van der Waals surface area contributed by atoms with Crippen molar-refractivity contribution in [1.82, 2.24) is 0 Å². The zero-order valence-corrected chi connectivity index (χ0v) is 8.40. The molecule has 0 aliphatic carbocycles. The molecule has 0 aliphatic heterocycles. The van der Waals surface area contributed by atoms with Crippen molar-refractivity contribution < 1.29 is 9.72 Å². The summed E-state index contributed by atoms with van der Waals surface area (Å²) in [5, 5.41) is 13.6. The molecular formula is C10H12N2O3. The molecule has 0 spiro atoms. The molecule has 5 nitrogen and oxygen atoms in total. The van der Waals surface area contributed by atoms with Gasteiger partial charge in [0, 0.05) is 19.0 Å². The van der Waals surface area contributed by atoms with Gasteiger partial charge < -0.3 is 10.1 Å². The highest BCUT2D eigenvalue weighted by atomic mass is 16.6. The van der Waals surface area contributed by atoms with E-state index in [1.165, 1.54) is 6.07 Å². The summed E-state index contributed by atoms with van der Waals surface area (Å²) in [4.78, 5) is 20.5. The molecule has 0 unspecified atom stereocenters. The van der Waals surface area contributed by atoms with Crippen LogP contribution < -0.4 is 5.32 Å². The van der Waals surface area contributed by atoms with Gasteiger partial charge in [-0.1, -0.05) is 6.07 Å². The Bertz CT molecular complexity index is 377. The van der Waals surface area contributed by atoms with Crippen molar-refractivity contribution in [1.29, 1.82) is 0 Å². The van der Waals surface area contributed by atoms with E-state index < -0.39 is 4.92 Å². The second-order valence-corrected chi connectivity index (χ2v) is 3.01. The maximum absolute atomic E-state index is 10.7. The fraction of sp³-hybridized carbons (Fsp3) is 0.300. The molecule has 0 atom stereocenters. The van der Waals surface area contributed by atoms with Crippen LogP contribution in [0.25, 0.3) is 0 Å². The summed E-state index contributed by atoms with van der Waals surface area (Å²) in [6.45, 7) is 2.46. The summed E-state index contributed by atoms with van der Waals surface area (Å²) in [6, 6.07) is 4.64. The van der Waals surface area contributed by atoms with Gasteiger partial charge in [-0.05, 0) is 18.6 Å². The number of benzene rings is 1. The Kier molecular flexibility index (Phi) is 3.79. The molecule has 0 radical (unpaired) electrons. The van der Waals surface area contributed by atoms with E-state index in [2.05, 4.69) is 5.32 Å². The van der Waals surface area contributed by atoms with Gasteiger partial charge in [0.05, 0.1) is 4.92 Å². The molecule has 15 heavy (non-hydrogen) atoms. The topological polar surface area (TPSA) is 72.2 Å². The molecule has 0 aliphatic rings. The molecule has 1 aromatic rings. The van der Waals surface area contributed by atoms with Crippen molar-refractivity contribution in [2.24, 2.45) is 0 Å². The number of rotatable bonds is 5. The first-order chi connectivity index (χ1) is 7.19. The first kappa shape index (κ1) is 11.2. The lowest BCUT2D eigenvalue weighted by Gasteiger charge is -2.05. The number of hydrogen-bond acceptors (Lipinski definition) is 4. The number of nitro groups is 1. The SMILES string of the molecule is CCNc1cc(CC=O)ccc1[N+](=O)[O-]. The highest BCUT2D eigenvalue weighted by Crippen LogP contribution is 2.25. The number of carbonyl (C=O) groups excluding carboxylic acids is 1. The number of carbonyl (C=O) groups is 1. The zero-order chi connectivity index (χ0) is 11.3. The van der Waals surface area contributed by atoms with Crippen molar-refractivity contribution in [3.05, 3.63) is 33.9 Å². The third-order valence-corrected chi connectivity index (χ3v) is 1.94. The van der Waals surface area contributed by atoms with Crippen molar-refractivity contribution >= 4 is 17.7 Å². The fourth-order valence-corrected chi connectivity index (χ4v) is 1.30. The van der Waals surface area contributed by atoms with Gasteiger partial charge in [-0.25, -0.2) is 0 Å². The van der Waals surface area contributed by atoms with Crippen LogP contribution in [0, 0.1) is 10.1 Å². The fourth-order valence-electron chi connectivity index (χ4n) is 1.30. The predicted molar refractivity (Wildman–Crippen MR) is 57.0 cm³/mol. The summed E-state index contributed by atoms with van der Waals surface area (Å²) in [5.74, 6) is 0. The number of anilines is 1. The lowest BCUT2D eigenvalue weighted by Crippen LogP contribution is -2.02. The molecule has 0 fully saturated rings. The molecule has 0 aromatic heterocycles. The Morgan fingerprint density at radius 3 is 2.80 bits per heavy atom. The monoisotopic (exact) mass is 208 g/mol. The molecule has 0 heterocycles. The number of hydrogen-bond donors (Lipinski definition) is 1. The molecule has 5 heteroatoms.